The number of aromatic nitrogens is 2. The highest BCUT2D eigenvalue weighted by Gasteiger charge is 2.26. The fourth-order valence-electron chi connectivity index (χ4n) is 3.62. The number of carbonyl (C=O) groups is 1. The maximum absolute atomic E-state index is 12.9. The first-order valence-corrected chi connectivity index (χ1v) is 9.30. The molecule has 1 aromatic carbocycles. The summed E-state index contributed by atoms with van der Waals surface area (Å²) < 4.78 is 2.26. The Bertz CT molecular complexity index is 946. The van der Waals surface area contributed by atoms with Gasteiger partial charge in [0.25, 0.3) is 5.56 Å². The highest BCUT2D eigenvalue weighted by molar-refractivity contribution is 6.01. The first-order valence-electron chi connectivity index (χ1n) is 9.30. The molecule has 0 aliphatic carbocycles. The van der Waals surface area contributed by atoms with Gasteiger partial charge in [0.2, 0.25) is 0 Å². The maximum Gasteiger partial charge on any atom is 0.332 e. The van der Waals surface area contributed by atoms with Crippen LogP contribution in [0.1, 0.15) is 42.1 Å². The van der Waals surface area contributed by atoms with Gasteiger partial charge in [0, 0.05) is 13.1 Å². The van der Waals surface area contributed by atoms with E-state index in [0.717, 1.165) is 35.9 Å². The van der Waals surface area contributed by atoms with Crippen LogP contribution in [0.3, 0.4) is 0 Å². The fraction of sp³-hybridized carbons (Fsp3) is 0.450. The first-order chi connectivity index (χ1) is 12.9. The van der Waals surface area contributed by atoms with Crippen LogP contribution in [0.15, 0.2) is 39.9 Å². The lowest BCUT2D eigenvalue weighted by Crippen LogP contribution is -2.46. The van der Waals surface area contributed by atoms with E-state index in [0.29, 0.717) is 6.04 Å². The van der Waals surface area contributed by atoms with E-state index in [4.69, 9.17) is 5.73 Å². The molecule has 1 atom stereocenters. The summed E-state index contributed by atoms with van der Waals surface area (Å²) in [6, 6.07) is 9.64. The molecule has 144 valence electrons. The molecule has 0 bridgehead atoms. The minimum absolute atomic E-state index is 0.0541. The summed E-state index contributed by atoms with van der Waals surface area (Å²) in [6.07, 6.45) is 3.23. The zero-order chi connectivity index (χ0) is 19.6. The molecule has 2 heterocycles. The Hall–Kier alpha value is -2.67. The highest BCUT2D eigenvalue weighted by Crippen LogP contribution is 2.17. The van der Waals surface area contributed by atoms with Crippen molar-refractivity contribution in [3.63, 3.8) is 0 Å². The second-order valence-electron chi connectivity index (χ2n) is 7.22. The van der Waals surface area contributed by atoms with Gasteiger partial charge in [-0.2, -0.15) is 0 Å². The topological polar surface area (TPSA) is 90.3 Å². The Labute approximate surface area is 158 Å². The zero-order valence-electron chi connectivity index (χ0n) is 15.9. The number of nitrogens with zero attached hydrogens (tertiary/aromatic N) is 3. The van der Waals surface area contributed by atoms with E-state index in [1.54, 1.807) is 0 Å². The third-order valence-electron chi connectivity index (χ3n) is 5.33. The standard InChI is InChI=1S/C20H26N4O3/c1-14-8-6-7-11-23(14)13-16(25)17-18(21)24(20(27)22(2)19(17)26)12-15-9-4-3-5-10-15/h3-5,9-10,14H,6-8,11-13,21H2,1-2H3/t14-/m0/s1. The van der Waals surface area contributed by atoms with Crippen LogP contribution in [0, 0.1) is 0 Å². The van der Waals surface area contributed by atoms with Crippen molar-refractivity contribution in [2.24, 2.45) is 7.05 Å². The average molecular weight is 370 g/mol. The Morgan fingerprint density at radius 3 is 2.56 bits per heavy atom. The van der Waals surface area contributed by atoms with Crippen molar-refractivity contribution < 1.29 is 4.79 Å². The molecule has 1 saturated heterocycles. The molecule has 27 heavy (non-hydrogen) atoms. The van der Waals surface area contributed by atoms with Gasteiger partial charge in [-0.25, -0.2) is 4.79 Å². The molecule has 0 spiro atoms. The van der Waals surface area contributed by atoms with E-state index in [-0.39, 0.29) is 30.3 Å². The molecule has 0 saturated carbocycles. The molecule has 1 aliphatic rings. The van der Waals surface area contributed by atoms with Crippen LogP contribution >= 0.6 is 0 Å². The van der Waals surface area contributed by atoms with Crippen molar-refractivity contribution in [3.05, 3.63) is 62.3 Å². The van der Waals surface area contributed by atoms with Crippen molar-refractivity contribution in [2.45, 2.75) is 38.8 Å². The van der Waals surface area contributed by atoms with E-state index in [9.17, 15) is 14.4 Å². The normalized spacial score (nSPS) is 17.8. The second-order valence-corrected chi connectivity index (χ2v) is 7.22. The molecule has 1 aliphatic heterocycles. The molecule has 1 fully saturated rings. The number of hydrogen-bond acceptors (Lipinski definition) is 5. The van der Waals surface area contributed by atoms with Crippen LogP contribution in [0.4, 0.5) is 5.82 Å². The monoisotopic (exact) mass is 370 g/mol. The third-order valence-corrected chi connectivity index (χ3v) is 5.33. The Morgan fingerprint density at radius 2 is 1.89 bits per heavy atom. The van der Waals surface area contributed by atoms with Gasteiger partial charge in [-0.15, -0.1) is 0 Å². The van der Waals surface area contributed by atoms with E-state index in [1.807, 2.05) is 30.3 Å². The lowest BCUT2D eigenvalue weighted by atomic mass is 10.0. The summed E-state index contributed by atoms with van der Waals surface area (Å²) in [5, 5.41) is 0. The van der Waals surface area contributed by atoms with Gasteiger partial charge in [0.1, 0.15) is 11.4 Å². The van der Waals surface area contributed by atoms with Crippen molar-refractivity contribution in [3.8, 4) is 0 Å². The smallest absolute Gasteiger partial charge is 0.332 e. The van der Waals surface area contributed by atoms with E-state index >= 15 is 0 Å². The predicted octanol–water partition coefficient (Wildman–Crippen LogP) is 1.23. The number of rotatable bonds is 5. The van der Waals surface area contributed by atoms with Crippen LogP contribution in [-0.4, -0.2) is 38.9 Å². The number of benzene rings is 1. The molecule has 2 N–H and O–H groups in total. The van der Waals surface area contributed by atoms with Gasteiger partial charge in [0.15, 0.2) is 5.78 Å². The fourth-order valence-corrected chi connectivity index (χ4v) is 3.62. The minimum Gasteiger partial charge on any atom is -0.384 e. The van der Waals surface area contributed by atoms with Gasteiger partial charge in [-0.05, 0) is 31.9 Å². The maximum atomic E-state index is 12.9. The predicted molar refractivity (Wildman–Crippen MR) is 105 cm³/mol. The van der Waals surface area contributed by atoms with Crippen LogP contribution < -0.4 is 17.0 Å². The molecule has 2 aromatic rings. The number of nitrogen functional groups attached to an aromatic ring is 1. The van der Waals surface area contributed by atoms with E-state index in [2.05, 4.69) is 11.8 Å². The number of nitrogens with two attached hydrogens (primary N) is 1. The highest BCUT2D eigenvalue weighted by atomic mass is 16.2. The quantitative estimate of drug-likeness (QED) is 0.800. The number of anilines is 1. The summed E-state index contributed by atoms with van der Waals surface area (Å²) in [5.41, 5.74) is 5.78. The number of likely N-dealkylation sites (tertiary alicyclic amines) is 1. The molecule has 3 rings (SSSR count). The Kier molecular flexibility index (Phi) is 5.60. The van der Waals surface area contributed by atoms with Crippen LogP contribution in [0.5, 0.6) is 0 Å². The number of carbonyl (C=O) groups excluding carboxylic acids is 1. The Morgan fingerprint density at radius 1 is 1.19 bits per heavy atom. The van der Waals surface area contributed by atoms with Crippen molar-refractivity contribution in [1.82, 2.24) is 14.0 Å². The number of piperidine rings is 1. The largest absolute Gasteiger partial charge is 0.384 e. The number of Topliss-reactive ketones (excluding diaryl/α,β-unsaturated/α-hetero) is 1. The number of hydrogen-bond donors (Lipinski definition) is 1. The SMILES string of the molecule is C[C@H]1CCCCN1CC(=O)c1c(N)n(Cc2ccccc2)c(=O)n(C)c1=O. The van der Waals surface area contributed by atoms with Crippen molar-refractivity contribution >= 4 is 11.6 Å². The van der Waals surface area contributed by atoms with Gasteiger partial charge in [-0.1, -0.05) is 36.8 Å². The summed E-state index contributed by atoms with van der Waals surface area (Å²) in [5.74, 6) is -0.384. The van der Waals surface area contributed by atoms with Gasteiger partial charge in [0.05, 0.1) is 13.1 Å². The lowest BCUT2D eigenvalue weighted by Gasteiger charge is -2.32. The molecule has 1 aromatic heterocycles. The van der Waals surface area contributed by atoms with Crippen LogP contribution in [0.2, 0.25) is 0 Å². The molecule has 7 nitrogen and oxygen atoms in total. The Balaban J connectivity index is 1.98. The third kappa shape index (κ3) is 3.88. The molecular weight excluding hydrogens is 344 g/mol. The minimum atomic E-state index is -0.628. The van der Waals surface area contributed by atoms with Gasteiger partial charge < -0.3 is 5.73 Å². The molecule has 7 heteroatoms. The molecule has 0 radical (unpaired) electrons. The second kappa shape index (κ2) is 7.92. The van der Waals surface area contributed by atoms with Gasteiger partial charge in [-0.3, -0.25) is 23.6 Å². The zero-order valence-corrected chi connectivity index (χ0v) is 15.9. The number of ketones is 1. The molecule has 0 unspecified atom stereocenters. The van der Waals surface area contributed by atoms with Crippen LogP contribution in [-0.2, 0) is 13.6 Å². The first kappa shape index (κ1) is 19.1. The van der Waals surface area contributed by atoms with E-state index in [1.165, 1.54) is 11.6 Å². The van der Waals surface area contributed by atoms with Crippen LogP contribution in [0.25, 0.3) is 0 Å². The van der Waals surface area contributed by atoms with Crippen molar-refractivity contribution in [1.29, 1.82) is 0 Å². The van der Waals surface area contributed by atoms with Crippen molar-refractivity contribution in [2.75, 3.05) is 18.8 Å². The van der Waals surface area contributed by atoms with E-state index < -0.39 is 11.2 Å². The summed E-state index contributed by atoms with van der Waals surface area (Å²) in [4.78, 5) is 40.2. The summed E-state index contributed by atoms with van der Waals surface area (Å²) in [6.45, 7) is 3.27. The lowest BCUT2D eigenvalue weighted by molar-refractivity contribution is 0.0858. The summed E-state index contributed by atoms with van der Waals surface area (Å²) in [7, 11) is 1.38. The molecular formula is C20H26N4O3. The molecule has 0 amide bonds. The summed E-state index contributed by atoms with van der Waals surface area (Å²) >= 11 is 0. The average Bonchev–Trinajstić information content (AvgIpc) is 2.66. The van der Waals surface area contributed by atoms with Gasteiger partial charge >= 0.3 is 5.69 Å².